The summed E-state index contributed by atoms with van der Waals surface area (Å²) in [5.41, 5.74) is 2.15. The molecule has 2 N–H and O–H groups in total. The van der Waals surface area contributed by atoms with Gasteiger partial charge in [-0.05, 0) is 36.2 Å². The van der Waals surface area contributed by atoms with Gasteiger partial charge in [0.1, 0.15) is 17.4 Å². The molecule has 3 aromatic carbocycles. The number of rotatable bonds is 8. The van der Waals surface area contributed by atoms with E-state index < -0.39 is 17.7 Å². The van der Waals surface area contributed by atoms with E-state index in [-0.39, 0.29) is 18.5 Å². The average Bonchev–Trinajstić information content (AvgIpc) is 2.76. The second kappa shape index (κ2) is 9.98. The van der Waals surface area contributed by atoms with Crippen molar-refractivity contribution < 1.29 is 18.3 Å². The van der Waals surface area contributed by atoms with Crippen LogP contribution in [0, 0.1) is 11.6 Å². The molecule has 1 amide bonds. The fourth-order valence-corrected chi connectivity index (χ4v) is 3.22. The Morgan fingerprint density at radius 2 is 1.63 bits per heavy atom. The standard InChI is InChI=1S/C24H24F2N2O2/c1-16(21-13-10-19(25)14-22(21)26)27-15-23(29)28-24(17-6-4-3-5-7-17)18-8-11-20(30-2)12-9-18/h3-14,16,24,27H,15H2,1-2H3,(H,28,29)/t16-,24-/m0/s1. The maximum Gasteiger partial charge on any atom is 0.234 e. The van der Waals surface area contributed by atoms with Crippen molar-refractivity contribution in [2.24, 2.45) is 0 Å². The van der Waals surface area contributed by atoms with Crippen LogP contribution in [0.1, 0.15) is 35.7 Å². The highest BCUT2D eigenvalue weighted by atomic mass is 19.1. The van der Waals surface area contributed by atoms with Crippen molar-refractivity contribution in [3.8, 4) is 5.75 Å². The van der Waals surface area contributed by atoms with Gasteiger partial charge in [-0.2, -0.15) is 0 Å². The lowest BCUT2D eigenvalue weighted by molar-refractivity contribution is -0.120. The van der Waals surface area contributed by atoms with Gasteiger partial charge in [-0.3, -0.25) is 4.79 Å². The molecule has 0 aromatic heterocycles. The second-order valence-corrected chi connectivity index (χ2v) is 6.95. The lowest BCUT2D eigenvalue weighted by Gasteiger charge is -2.21. The van der Waals surface area contributed by atoms with E-state index in [0.717, 1.165) is 22.9 Å². The summed E-state index contributed by atoms with van der Waals surface area (Å²) >= 11 is 0. The van der Waals surface area contributed by atoms with Gasteiger partial charge < -0.3 is 15.4 Å². The number of ether oxygens (including phenoxy) is 1. The molecule has 30 heavy (non-hydrogen) atoms. The van der Waals surface area contributed by atoms with Crippen molar-refractivity contribution in [2.45, 2.75) is 19.0 Å². The maximum absolute atomic E-state index is 13.9. The topological polar surface area (TPSA) is 50.4 Å². The molecule has 0 radical (unpaired) electrons. The zero-order valence-electron chi connectivity index (χ0n) is 16.9. The fourth-order valence-electron chi connectivity index (χ4n) is 3.22. The smallest absolute Gasteiger partial charge is 0.234 e. The summed E-state index contributed by atoms with van der Waals surface area (Å²) in [6.07, 6.45) is 0. The third kappa shape index (κ3) is 5.42. The van der Waals surface area contributed by atoms with E-state index in [0.29, 0.717) is 5.56 Å². The van der Waals surface area contributed by atoms with Gasteiger partial charge in [-0.25, -0.2) is 8.78 Å². The van der Waals surface area contributed by atoms with Gasteiger partial charge in [0.25, 0.3) is 0 Å². The Morgan fingerprint density at radius 1 is 0.967 bits per heavy atom. The first-order chi connectivity index (χ1) is 14.5. The van der Waals surface area contributed by atoms with Crippen LogP contribution in [0.3, 0.4) is 0 Å². The van der Waals surface area contributed by atoms with Crippen LogP contribution in [0.5, 0.6) is 5.75 Å². The first-order valence-electron chi connectivity index (χ1n) is 9.64. The summed E-state index contributed by atoms with van der Waals surface area (Å²) in [5.74, 6) is -0.787. The Bertz CT molecular complexity index is 978. The fraction of sp³-hybridized carbons (Fsp3) is 0.208. The van der Waals surface area contributed by atoms with E-state index in [4.69, 9.17) is 4.74 Å². The molecule has 0 saturated heterocycles. The molecule has 0 aliphatic heterocycles. The molecular formula is C24H24F2N2O2. The predicted octanol–water partition coefficient (Wildman–Crippen LogP) is 4.53. The Balaban J connectivity index is 1.70. The quantitative estimate of drug-likeness (QED) is 0.574. The molecule has 4 nitrogen and oxygen atoms in total. The Kier molecular flexibility index (Phi) is 7.14. The predicted molar refractivity (Wildman–Crippen MR) is 112 cm³/mol. The molecule has 0 aliphatic rings. The monoisotopic (exact) mass is 410 g/mol. The Morgan fingerprint density at radius 3 is 2.27 bits per heavy atom. The second-order valence-electron chi connectivity index (χ2n) is 6.95. The largest absolute Gasteiger partial charge is 0.497 e. The average molecular weight is 410 g/mol. The third-order valence-corrected chi connectivity index (χ3v) is 4.89. The molecule has 3 aromatic rings. The van der Waals surface area contributed by atoms with E-state index in [1.165, 1.54) is 12.1 Å². The van der Waals surface area contributed by atoms with Crippen LogP contribution in [0.15, 0.2) is 72.8 Å². The lowest BCUT2D eigenvalue weighted by atomic mass is 9.98. The van der Waals surface area contributed by atoms with Gasteiger partial charge in [0, 0.05) is 17.7 Å². The van der Waals surface area contributed by atoms with Crippen LogP contribution >= 0.6 is 0 Å². The Hall–Kier alpha value is -3.25. The molecule has 0 heterocycles. The molecule has 0 saturated carbocycles. The number of nitrogens with one attached hydrogen (secondary N) is 2. The first-order valence-corrected chi connectivity index (χ1v) is 9.64. The van der Waals surface area contributed by atoms with E-state index >= 15 is 0 Å². The van der Waals surface area contributed by atoms with Crippen LogP contribution in [0.2, 0.25) is 0 Å². The maximum atomic E-state index is 13.9. The van der Waals surface area contributed by atoms with Crippen molar-refractivity contribution >= 4 is 5.91 Å². The molecule has 0 spiro atoms. The molecule has 0 fully saturated rings. The van der Waals surface area contributed by atoms with Crippen molar-refractivity contribution in [1.82, 2.24) is 10.6 Å². The van der Waals surface area contributed by atoms with Crippen molar-refractivity contribution in [1.29, 1.82) is 0 Å². The van der Waals surface area contributed by atoms with Gasteiger partial charge in [-0.1, -0.05) is 48.5 Å². The molecule has 3 rings (SSSR count). The van der Waals surface area contributed by atoms with Crippen LogP contribution in [0.4, 0.5) is 8.78 Å². The number of amides is 1. The van der Waals surface area contributed by atoms with Crippen LogP contribution in [0.25, 0.3) is 0 Å². The SMILES string of the molecule is COc1ccc([C@@H](NC(=O)CN[C@@H](C)c2ccc(F)cc2F)c2ccccc2)cc1. The molecule has 0 aliphatic carbocycles. The zero-order valence-corrected chi connectivity index (χ0v) is 16.9. The highest BCUT2D eigenvalue weighted by Gasteiger charge is 2.18. The molecule has 156 valence electrons. The van der Waals surface area contributed by atoms with E-state index in [9.17, 15) is 13.6 Å². The lowest BCUT2D eigenvalue weighted by Crippen LogP contribution is -2.37. The van der Waals surface area contributed by atoms with Gasteiger partial charge >= 0.3 is 0 Å². The number of carbonyl (C=O) groups is 1. The molecule has 0 unspecified atom stereocenters. The molecule has 6 heteroatoms. The van der Waals surface area contributed by atoms with Crippen LogP contribution in [-0.4, -0.2) is 19.6 Å². The van der Waals surface area contributed by atoms with Gasteiger partial charge in [0.15, 0.2) is 0 Å². The number of hydrogen-bond donors (Lipinski definition) is 2. The summed E-state index contributed by atoms with van der Waals surface area (Å²) in [4.78, 5) is 12.6. The summed E-state index contributed by atoms with van der Waals surface area (Å²) in [5, 5.41) is 6.01. The molecular weight excluding hydrogens is 386 g/mol. The van der Waals surface area contributed by atoms with Gasteiger partial charge in [-0.15, -0.1) is 0 Å². The summed E-state index contributed by atoms with van der Waals surface area (Å²) in [6, 6.07) is 19.7. The summed E-state index contributed by atoms with van der Waals surface area (Å²) < 4.78 is 32.3. The van der Waals surface area contributed by atoms with E-state index in [1.807, 2.05) is 54.6 Å². The minimum absolute atomic E-state index is 0.0164. The van der Waals surface area contributed by atoms with Crippen molar-refractivity contribution in [2.75, 3.05) is 13.7 Å². The van der Waals surface area contributed by atoms with Crippen LogP contribution < -0.4 is 15.4 Å². The van der Waals surface area contributed by atoms with E-state index in [2.05, 4.69) is 10.6 Å². The highest BCUT2D eigenvalue weighted by Crippen LogP contribution is 2.24. The van der Waals surface area contributed by atoms with Gasteiger partial charge in [0.2, 0.25) is 5.91 Å². The number of methoxy groups -OCH3 is 1. The van der Waals surface area contributed by atoms with E-state index in [1.54, 1.807) is 14.0 Å². The minimum atomic E-state index is -0.643. The van der Waals surface area contributed by atoms with Gasteiger partial charge in [0.05, 0.1) is 19.7 Å². The number of carbonyl (C=O) groups excluding carboxylic acids is 1. The number of hydrogen-bond acceptors (Lipinski definition) is 3. The molecule has 2 atom stereocenters. The van der Waals surface area contributed by atoms with Crippen molar-refractivity contribution in [3.05, 3.63) is 101 Å². The van der Waals surface area contributed by atoms with Crippen molar-refractivity contribution in [3.63, 3.8) is 0 Å². The minimum Gasteiger partial charge on any atom is -0.497 e. The van der Waals surface area contributed by atoms with Crippen LogP contribution in [-0.2, 0) is 4.79 Å². The first kappa shape index (κ1) is 21.5. The highest BCUT2D eigenvalue weighted by molar-refractivity contribution is 5.79. The summed E-state index contributed by atoms with van der Waals surface area (Å²) in [7, 11) is 1.60. The zero-order chi connectivity index (χ0) is 21.5. The summed E-state index contributed by atoms with van der Waals surface area (Å²) in [6.45, 7) is 1.71. The third-order valence-electron chi connectivity index (χ3n) is 4.89. The number of halogens is 2. The molecule has 0 bridgehead atoms. The number of benzene rings is 3. The normalized spacial score (nSPS) is 12.8. The Labute approximate surface area is 174 Å².